The lowest BCUT2D eigenvalue weighted by Crippen LogP contribution is -2.43. The lowest BCUT2D eigenvalue weighted by Gasteiger charge is -2.48. The van der Waals surface area contributed by atoms with Gasteiger partial charge < -0.3 is 0 Å². The average Bonchev–Trinajstić information content (AvgIpc) is 3.82. The Morgan fingerprint density at radius 2 is 0.581 bits per heavy atom. The molecule has 1 nitrogen and oxygen atoms in total. The minimum Gasteiger partial charge on any atom is -0.248 e. The summed E-state index contributed by atoms with van der Waals surface area (Å²) in [6, 6.07) is 87.7. The SMILES string of the molecule is c1ccc(-c2cccc(-c3cc(-c4ccc5c(c4)-c4ccccc4C54c5ccccc5C5(c6ccccc6-c6ccccc65)c5ccccc54)cc(-c4ccccc4)n3)c2)cc1. The van der Waals surface area contributed by atoms with Crippen LogP contribution in [0.3, 0.4) is 0 Å². The summed E-state index contributed by atoms with van der Waals surface area (Å²) < 4.78 is 0. The number of pyridine rings is 1. The van der Waals surface area contributed by atoms with Gasteiger partial charge in [0, 0.05) is 11.1 Å². The number of benzene rings is 9. The monoisotopic (exact) mass is 785 g/mol. The van der Waals surface area contributed by atoms with Gasteiger partial charge in [0.15, 0.2) is 0 Å². The second-order valence-electron chi connectivity index (χ2n) is 16.9. The molecule has 0 atom stereocenters. The second kappa shape index (κ2) is 13.3. The van der Waals surface area contributed by atoms with Gasteiger partial charge in [0.25, 0.3) is 0 Å². The summed E-state index contributed by atoms with van der Waals surface area (Å²) in [4.78, 5) is 5.33. The van der Waals surface area contributed by atoms with Gasteiger partial charge in [0.05, 0.1) is 22.2 Å². The molecule has 10 aromatic rings. The number of hydrogen-bond acceptors (Lipinski definition) is 1. The molecule has 2 spiro atoms. The summed E-state index contributed by atoms with van der Waals surface area (Å²) >= 11 is 0. The molecule has 0 aliphatic heterocycles. The van der Waals surface area contributed by atoms with Crippen LogP contribution in [0.5, 0.6) is 0 Å². The molecule has 0 saturated carbocycles. The van der Waals surface area contributed by atoms with Crippen molar-refractivity contribution >= 4 is 0 Å². The van der Waals surface area contributed by atoms with E-state index in [9.17, 15) is 0 Å². The van der Waals surface area contributed by atoms with Crippen LogP contribution in [0.15, 0.2) is 237 Å². The molecule has 0 amide bonds. The van der Waals surface area contributed by atoms with Crippen molar-refractivity contribution in [2.75, 3.05) is 0 Å². The van der Waals surface area contributed by atoms with Gasteiger partial charge in [-0.05, 0) is 113 Å². The zero-order valence-corrected chi connectivity index (χ0v) is 34.0. The van der Waals surface area contributed by atoms with E-state index in [2.05, 4.69) is 237 Å². The van der Waals surface area contributed by atoms with E-state index in [1.54, 1.807) is 0 Å². The molecule has 1 heteroatoms. The van der Waals surface area contributed by atoms with Crippen molar-refractivity contribution in [2.24, 2.45) is 0 Å². The molecule has 13 rings (SSSR count). The highest BCUT2D eigenvalue weighted by atomic mass is 14.7. The van der Waals surface area contributed by atoms with Crippen molar-refractivity contribution in [1.29, 1.82) is 0 Å². The third-order valence-corrected chi connectivity index (χ3v) is 14.0. The third kappa shape index (κ3) is 4.71. The van der Waals surface area contributed by atoms with Crippen LogP contribution < -0.4 is 0 Å². The fourth-order valence-corrected chi connectivity index (χ4v) is 11.5. The predicted molar refractivity (Wildman–Crippen MR) is 254 cm³/mol. The van der Waals surface area contributed by atoms with E-state index in [0.717, 1.165) is 28.1 Å². The molecule has 0 fully saturated rings. The highest BCUT2D eigenvalue weighted by Crippen LogP contribution is 2.67. The Kier molecular flexibility index (Phi) is 7.50. The Bertz CT molecular complexity index is 3320. The summed E-state index contributed by atoms with van der Waals surface area (Å²) in [6.45, 7) is 0. The first kappa shape index (κ1) is 34.9. The minimum atomic E-state index is -0.522. The smallest absolute Gasteiger partial charge is 0.0720 e. The van der Waals surface area contributed by atoms with Gasteiger partial charge in [-0.1, -0.05) is 212 Å². The lowest BCUT2D eigenvalue weighted by atomic mass is 9.52. The summed E-state index contributed by atoms with van der Waals surface area (Å²) in [5.74, 6) is 0. The molecule has 0 bridgehead atoms. The first-order valence-electron chi connectivity index (χ1n) is 21.6. The van der Waals surface area contributed by atoms with E-state index in [4.69, 9.17) is 4.98 Å². The topological polar surface area (TPSA) is 12.9 Å². The van der Waals surface area contributed by atoms with E-state index in [-0.39, 0.29) is 0 Å². The molecule has 1 heterocycles. The first-order valence-corrected chi connectivity index (χ1v) is 21.6. The number of rotatable bonds is 4. The summed E-state index contributed by atoms with van der Waals surface area (Å²) in [7, 11) is 0. The van der Waals surface area contributed by atoms with Gasteiger partial charge in [-0.2, -0.15) is 0 Å². The molecular weight excluding hydrogens is 747 g/mol. The maximum atomic E-state index is 5.33. The van der Waals surface area contributed by atoms with Crippen LogP contribution in [-0.4, -0.2) is 4.98 Å². The zero-order chi connectivity index (χ0) is 40.8. The second-order valence-corrected chi connectivity index (χ2v) is 16.9. The molecule has 62 heavy (non-hydrogen) atoms. The molecular formula is C61H39N. The van der Waals surface area contributed by atoms with Gasteiger partial charge in [0.2, 0.25) is 0 Å². The molecule has 9 aromatic carbocycles. The van der Waals surface area contributed by atoms with Crippen molar-refractivity contribution in [3.63, 3.8) is 0 Å². The van der Waals surface area contributed by atoms with Crippen molar-refractivity contribution in [2.45, 2.75) is 10.8 Å². The largest absolute Gasteiger partial charge is 0.248 e. The number of nitrogens with zero attached hydrogens (tertiary/aromatic N) is 1. The fraction of sp³-hybridized carbons (Fsp3) is 0.0328. The van der Waals surface area contributed by atoms with Gasteiger partial charge in [-0.25, -0.2) is 4.98 Å². The van der Waals surface area contributed by atoms with Crippen molar-refractivity contribution < 1.29 is 0 Å². The normalized spacial score (nSPS) is 14.1. The Balaban J connectivity index is 1.05. The van der Waals surface area contributed by atoms with Crippen molar-refractivity contribution in [1.82, 2.24) is 4.98 Å². The Labute approximate surface area is 362 Å². The van der Waals surface area contributed by atoms with E-state index in [0.29, 0.717) is 0 Å². The highest BCUT2D eigenvalue weighted by molar-refractivity contribution is 5.95. The highest BCUT2D eigenvalue weighted by Gasteiger charge is 2.58. The molecule has 1 aromatic heterocycles. The Morgan fingerprint density at radius 1 is 0.210 bits per heavy atom. The fourth-order valence-electron chi connectivity index (χ4n) is 11.5. The average molecular weight is 786 g/mol. The van der Waals surface area contributed by atoms with Crippen molar-refractivity contribution in [3.05, 3.63) is 281 Å². The summed E-state index contributed by atoms with van der Waals surface area (Å²) in [6.07, 6.45) is 0. The molecule has 0 radical (unpaired) electrons. The molecule has 288 valence electrons. The van der Waals surface area contributed by atoms with Crippen LogP contribution >= 0.6 is 0 Å². The van der Waals surface area contributed by atoms with Gasteiger partial charge in [-0.15, -0.1) is 0 Å². The number of hydrogen-bond donors (Lipinski definition) is 0. The summed E-state index contributed by atoms with van der Waals surface area (Å²) in [5, 5.41) is 0. The third-order valence-electron chi connectivity index (χ3n) is 14.0. The van der Waals surface area contributed by atoms with Gasteiger partial charge in [-0.3, -0.25) is 0 Å². The lowest BCUT2D eigenvalue weighted by molar-refractivity contribution is 0.633. The van der Waals surface area contributed by atoms with E-state index >= 15 is 0 Å². The first-order chi connectivity index (χ1) is 30.7. The van der Waals surface area contributed by atoms with Gasteiger partial charge >= 0.3 is 0 Å². The molecule has 3 aliphatic carbocycles. The molecule has 0 unspecified atom stereocenters. The quantitative estimate of drug-likeness (QED) is 0.173. The molecule has 0 saturated heterocycles. The van der Waals surface area contributed by atoms with Crippen LogP contribution in [0.4, 0.5) is 0 Å². The van der Waals surface area contributed by atoms with E-state index in [1.165, 1.54) is 83.5 Å². The maximum absolute atomic E-state index is 5.33. The predicted octanol–water partition coefficient (Wildman–Crippen LogP) is 14.8. The standard InChI is InChI=1S/C61H39N/c1-3-18-40(19-4-1)42-22-17-23-44(36-42)59-39-45(38-58(62-59)41-20-5-2-6-21-41)43-34-35-53-49(37-43)48-26-9-12-29-52(48)61(53)56-32-15-13-30-54(56)60(55-31-14-16-33-57(55)61)50-27-10-7-24-46(50)47-25-8-11-28-51(47)60/h1-39H. The van der Waals surface area contributed by atoms with E-state index in [1.807, 2.05) is 0 Å². The van der Waals surface area contributed by atoms with Crippen LogP contribution in [0.25, 0.3) is 67.0 Å². The Morgan fingerprint density at radius 3 is 1.11 bits per heavy atom. The Hall–Kier alpha value is -7.87. The summed E-state index contributed by atoms with van der Waals surface area (Å²) in [5.41, 5.74) is 23.8. The maximum Gasteiger partial charge on any atom is 0.0720 e. The molecule has 0 N–H and O–H groups in total. The van der Waals surface area contributed by atoms with Crippen LogP contribution in [0.2, 0.25) is 0 Å². The zero-order valence-electron chi connectivity index (χ0n) is 34.0. The number of fused-ring (bicyclic) bond motifs is 16. The van der Waals surface area contributed by atoms with Crippen molar-refractivity contribution in [3.8, 4) is 67.0 Å². The van der Waals surface area contributed by atoms with Crippen LogP contribution in [0.1, 0.15) is 44.5 Å². The molecule has 3 aliphatic rings. The van der Waals surface area contributed by atoms with Crippen LogP contribution in [-0.2, 0) is 10.8 Å². The number of aromatic nitrogens is 1. The van der Waals surface area contributed by atoms with Gasteiger partial charge in [0.1, 0.15) is 0 Å². The minimum absolute atomic E-state index is 0.456. The van der Waals surface area contributed by atoms with E-state index < -0.39 is 10.8 Å². The van der Waals surface area contributed by atoms with Crippen LogP contribution in [0, 0.1) is 0 Å².